The van der Waals surface area contributed by atoms with Gasteiger partial charge in [0.15, 0.2) is 0 Å². The van der Waals surface area contributed by atoms with Gasteiger partial charge in [0.05, 0.1) is 21.1 Å². The number of aromatic nitrogens is 1. The first-order valence-corrected chi connectivity index (χ1v) is 10.5. The van der Waals surface area contributed by atoms with Crippen LogP contribution in [0.15, 0.2) is 36.4 Å². The highest BCUT2D eigenvalue weighted by atomic mass is 32.1. The van der Waals surface area contributed by atoms with E-state index < -0.39 is 0 Å². The highest BCUT2D eigenvalue weighted by molar-refractivity contribution is 7.18. The second kappa shape index (κ2) is 7.49. The van der Waals surface area contributed by atoms with Crippen molar-refractivity contribution in [1.29, 1.82) is 0 Å². The molecule has 26 heavy (non-hydrogen) atoms. The minimum absolute atomic E-state index is 0.0208. The Bertz CT molecular complexity index is 771. The van der Waals surface area contributed by atoms with Gasteiger partial charge in [0.25, 0.3) is 0 Å². The number of benzene rings is 1. The minimum atomic E-state index is 0.0208. The first-order valence-electron chi connectivity index (χ1n) is 9.68. The molecule has 5 heteroatoms. The molecule has 1 saturated heterocycles. The molecule has 138 valence electrons. The Morgan fingerprint density at radius 3 is 2.69 bits per heavy atom. The van der Waals surface area contributed by atoms with E-state index in [1.165, 1.54) is 4.70 Å². The third-order valence-electron chi connectivity index (χ3n) is 5.97. The SMILES string of the molecule is CC(N)C1CCN(C(=O)C2CC=CCC2c2nc3ccccc3s2)CC1. The fraction of sp³-hybridized carbons (Fsp3) is 0.524. The summed E-state index contributed by atoms with van der Waals surface area (Å²) in [5, 5.41) is 1.11. The summed E-state index contributed by atoms with van der Waals surface area (Å²) in [7, 11) is 0. The molecule has 2 aromatic rings. The van der Waals surface area contributed by atoms with Crippen LogP contribution in [0.3, 0.4) is 0 Å². The number of fused-ring (bicyclic) bond motifs is 1. The predicted molar refractivity (Wildman–Crippen MR) is 107 cm³/mol. The molecule has 4 nitrogen and oxygen atoms in total. The van der Waals surface area contributed by atoms with Crippen molar-refractivity contribution in [2.24, 2.45) is 17.6 Å². The third kappa shape index (κ3) is 3.42. The second-order valence-corrected chi connectivity index (χ2v) is 8.76. The third-order valence-corrected chi connectivity index (χ3v) is 7.14. The van der Waals surface area contributed by atoms with Gasteiger partial charge in [-0.2, -0.15) is 0 Å². The van der Waals surface area contributed by atoms with E-state index in [0.717, 1.165) is 49.3 Å². The molecular weight excluding hydrogens is 342 g/mol. The number of piperidine rings is 1. The lowest BCUT2D eigenvalue weighted by Gasteiger charge is -2.37. The first-order chi connectivity index (χ1) is 12.6. The Balaban J connectivity index is 1.52. The van der Waals surface area contributed by atoms with Gasteiger partial charge in [0.2, 0.25) is 5.91 Å². The van der Waals surface area contributed by atoms with Crippen molar-refractivity contribution in [3.63, 3.8) is 0 Å². The molecule has 1 amide bonds. The number of nitrogens with two attached hydrogens (primary N) is 1. The smallest absolute Gasteiger partial charge is 0.226 e. The van der Waals surface area contributed by atoms with E-state index in [4.69, 9.17) is 10.7 Å². The maximum absolute atomic E-state index is 13.3. The Hall–Kier alpha value is -1.72. The molecule has 0 spiro atoms. The normalized spacial score (nSPS) is 25.5. The Kier molecular flexibility index (Phi) is 5.09. The number of nitrogens with zero attached hydrogens (tertiary/aromatic N) is 2. The number of hydrogen-bond acceptors (Lipinski definition) is 4. The zero-order valence-electron chi connectivity index (χ0n) is 15.3. The van der Waals surface area contributed by atoms with Crippen LogP contribution in [0.25, 0.3) is 10.2 Å². The van der Waals surface area contributed by atoms with Crippen molar-refractivity contribution >= 4 is 27.5 Å². The van der Waals surface area contributed by atoms with Gasteiger partial charge >= 0.3 is 0 Å². The predicted octanol–water partition coefficient (Wildman–Crippen LogP) is 3.93. The van der Waals surface area contributed by atoms with Crippen LogP contribution in [0.4, 0.5) is 0 Å². The molecule has 2 heterocycles. The average molecular weight is 370 g/mol. The molecule has 0 saturated carbocycles. The van der Waals surface area contributed by atoms with Crippen LogP contribution in [-0.2, 0) is 4.79 Å². The molecule has 1 aromatic carbocycles. The number of hydrogen-bond donors (Lipinski definition) is 1. The summed E-state index contributed by atoms with van der Waals surface area (Å²) >= 11 is 1.74. The first kappa shape index (κ1) is 17.7. The van der Waals surface area contributed by atoms with Crippen molar-refractivity contribution in [2.75, 3.05) is 13.1 Å². The number of para-hydroxylation sites is 1. The lowest BCUT2D eigenvalue weighted by Crippen LogP contribution is -2.46. The van der Waals surface area contributed by atoms with E-state index in [2.05, 4.69) is 42.2 Å². The number of likely N-dealkylation sites (tertiary alicyclic amines) is 1. The molecule has 1 aliphatic carbocycles. The average Bonchev–Trinajstić information content (AvgIpc) is 3.11. The maximum Gasteiger partial charge on any atom is 0.226 e. The van der Waals surface area contributed by atoms with E-state index >= 15 is 0 Å². The van der Waals surface area contributed by atoms with Crippen LogP contribution in [0.1, 0.15) is 43.5 Å². The van der Waals surface area contributed by atoms with Crippen LogP contribution >= 0.6 is 11.3 Å². The zero-order chi connectivity index (χ0) is 18.1. The number of thiazole rings is 1. The van der Waals surface area contributed by atoms with Crippen molar-refractivity contribution in [3.05, 3.63) is 41.4 Å². The largest absolute Gasteiger partial charge is 0.342 e. The fourth-order valence-electron chi connectivity index (χ4n) is 4.29. The maximum atomic E-state index is 13.3. The number of allylic oxidation sites excluding steroid dienone is 2. The van der Waals surface area contributed by atoms with E-state index in [1.807, 2.05) is 6.07 Å². The lowest BCUT2D eigenvalue weighted by molar-refractivity contribution is -0.137. The van der Waals surface area contributed by atoms with Gasteiger partial charge in [-0.1, -0.05) is 24.3 Å². The minimum Gasteiger partial charge on any atom is -0.342 e. The van der Waals surface area contributed by atoms with Gasteiger partial charge in [-0.3, -0.25) is 4.79 Å². The Labute approximate surface area is 159 Å². The van der Waals surface area contributed by atoms with Gasteiger partial charge in [-0.15, -0.1) is 11.3 Å². The summed E-state index contributed by atoms with van der Waals surface area (Å²) in [6.07, 6.45) is 8.17. The molecule has 1 aromatic heterocycles. The molecule has 2 aliphatic rings. The summed E-state index contributed by atoms with van der Waals surface area (Å²) in [6, 6.07) is 8.48. The highest BCUT2D eigenvalue weighted by Gasteiger charge is 2.36. The van der Waals surface area contributed by atoms with Crippen LogP contribution in [0.2, 0.25) is 0 Å². The molecule has 4 rings (SSSR count). The van der Waals surface area contributed by atoms with Crippen molar-refractivity contribution in [1.82, 2.24) is 9.88 Å². The molecule has 1 aliphatic heterocycles. The molecule has 1 fully saturated rings. The van der Waals surface area contributed by atoms with Crippen molar-refractivity contribution in [3.8, 4) is 0 Å². The zero-order valence-corrected chi connectivity index (χ0v) is 16.1. The molecule has 0 radical (unpaired) electrons. The summed E-state index contributed by atoms with van der Waals surface area (Å²) in [5.74, 6) is 1.08. The van der Waals surface area contributed by atoms with Gasteiger partial charge in [0, 0.05) is 25.0 Å². The van der Waals surface area contributed by atoms with Gasteiger partial charge in [0.1, 0.15) is 0 Å². The van der Waals surface area contributed by atoms with Crippen LogP contribution in [0.5, 0.6) is 0 Å². The monoisotopic (exact) mass is 369 g/mol. The van der Waals surface area contributed by atoms with Gasteiger partial charge in [-0.25, -0.2) is 4.98 Å². The highest BCUT2D eigenvalue weighted by Crippen LogP contribution is 2.39. The summed E-state index contributed by atoms with van der Waals surface area (Å²) in [4.78, 5) is 20.2. The van der Waals surface area contributed by atoms with E-state index in [0.29, 0.717) is 11.8 Å². The van der Waals surface area contributed by atoms with Gasteiger partial charge in [-0.05, 0) is 50.7 Å². The molecule has 3 unspecified atom stereocenters. The Morgan fingerprint density at radius 1 is 1.23 bits per heavy atom. The number of carbonyl (C=O) groups is 1. The molecule has 0 bridgehead atoms. The van der Waals surface area contributed by atoms with Crippen LogP contribution in [0, 0.1) is 11.8 Å². The number of rotatable bonds is 3. The summed E-state index contributed by atoms with van der Waals surface area (Å²) in [6.45, 7) is 3.77. The molecular formula is C21H27N3OS. The fourth-order valence-corrected chi connectivity index (χ4v) is 5.43. The van der Waals surface area contributed by atoms with Gasteiger partial charge < -0.3 is 10.6 Å². The summed E-state index contributed by atoms with van der Waals surface area (Å²) in [5.41, 5.74) is 7.09. The lowest BCUT2D eigenvalue weighted by atomic mass is 9.81. The standard InChI is InChI=1S/C21H27N3OS/c1-14(22)15-10-12-24(13-11-15)21(25)17-7-3-2-6-16(17)20-23-18-8-4-5-9-19(18)26-20/h2-5,8-9,14-17H,6-7,10-13,22H2,1H3. The number of carbonyl (C=O) groups excluding carboxylic acids is 1. The molecule has 3 atom stereocenters. The van der Waals surface area contributed by atoms with Crippen LogP contribution < -0.4 is 5.73 Å². The van der Waals surface area contributed by atoms with Crippen molar-refractivity contribution in [2.45, 2.75) is 44.6 Å². The topological polar surface area (TPSA) is 59.2 Å². The molecule has 2 N–H and O–H groups in total. The van der Waals surface area contributed by atoms with E-state index in [1.54, 1.807) is 11.3 Å². The second-order valence-electron chi connectivity index (χ2n) is 7.70. The quantitative estimate of drug-likeness (QED) is 0.834. The Morgan fingerprint density at radius 2 is 1.96 bits per heavy atom. The van der Waals surface area contributed by atoms with E-state index in [9.17, 15) is 4.79 Å². The summed E-state index contributed by atoms with van der Waals surface area (Å²) < 4.78 is 1.21. The number of amides is 1. The van der Waals surface area contributed by atoms with Crippen molar-refractivity contribution < 1.29 is 4.79 Å². The van der Waals surface area contributed by atoms with Crippen LogP contribution in [-0.4, -0.2) is 34.9 Å². The van der Waals surface area contributed by atoms with E-state index in [-0.39, 0.29) is 17.9 Å².